The van der Waals surface area contributed by atoms with Crippen molar-refractivity contribution in [2.45, 2.75) is 30.7 Å². The van der Waals surface area contributed by atoms with Gasteiger partial charge in [0.15, 0.2) is 0 Å². The van der Waals surface area contributed by atoms with E-state index in [1.165, 1.54) is 18.2 Å². The zero-order valence-corrected chi connectivity index (χ0v) is 19.7. The summed E-state index contributed by atoms with van der Waals surface area (Å²) in [5.74, 6) is -0.248. The summed E-state index contributed by atoms with van der Waals surface area (Å²) in [6.45, 7) is 3.17. The van der Waals surface area contributed by atoms with Crippen LogP contribution in [0.3, 0.4) is 0 Å². The number of rotatable bonds is 7. The quantitative estimate of drug-likeness (QED) is 0.572. The molecule has 0 aliphatic carbocycles. The van der Waals surface area contributed by atoms with Crippen molar-refractivity contribution in [1.29, 1.82) is 0 Å². The molecule has 0 spiro atoms. The molecule has 8 nitrogen and oxygen atoms in total. The maximum atomic E-state index is 12.6. The Morgan fingerprint density at radius 1 is 1.12 bits per heavy atom. The van der Waals surface area contributed by atoms with Gasteiger partial charge in [-0.25, -0.2) is 13.2 Å². The van der Waals surface area contributed by atoms with Crippen LogP contribution in [0.1, 0.15) is 25.3 Å². The lowest BCUT2D eigenvalue weighted by Gasteiger charge is -2.31. The molecule has 1 saturated heterocycles. The summed E-state index contributed by atoms with van der Waals surface area (Å²) in [4.78, 5) is 25.7. The number of nitrogens with zero attached hydrogens (tertiary/aromatic N) is 1. The lowest BCUT2D eigenvalue weighted by molar-refractivity contribution is -0.117. The highest BCUT2D eigenvalue weighted by atomic mass is 35.5. The predicted octanol–water partition coefficient (Wildman–Crippen LogP) is 3.89. The lowest BCUT2D eigenvalue weighted by Crippen LogP contribution is -2.46. The Morgan fingerprint density at radius 3 is 2.42 bits per heavy atom. The number of ether oxygens (including phenoxy) is 1. The molecular formula is C23H26ClN3O5S. The number of halogens is 1. The van der Waals surface area contributed by atoms with E-state index in [2.05, 4.69) is 10.0 Å². The second-order valence-corrected chi connectivity index (χ2v) is 9.55. The molecule has 2 N–H and O–H groups in total. The molecule has 0 saturated carbocycles. The summed E-state index contributed by atoms with van der Waals surface area (Å²) < 4.78 is 32.6. The zero-order valence-electron chi connectivity index (χ0n) is 18.2. The van der Waals surface area contributed by atoms with E-state index in [4.69, 9.17) is 16.3 Å². The highest BCUT2D eigenvalue weighted by Gasteiger charge is 2.24. The molecule has 10 heteroatoms. The molecule has 0 unspecified atom stereocenters. The molecular weight excluding hydrogens is 466 g/mol. The third-order valence-electron chi connectivity index (χ3n) is 5.10. The number of benzene rings is 2. The molecule has 176 valence electrons. The predicted molar refractivity (Wildman–Crippen MR) is 127 cm³/mol. The molecule has 1 heterocycles. The van der Waals surface area contributed by atoms with Crippen LogP contribution in [0.4, 0.5) is 10.5 Å². The Hall–Kier alpha value is -3.04. The third kappa shape index (κ3) is 6.97. The molecule has 0 bridgehead atoms. The van der Waals surface area contributed by atoms with Crippen LogP contribution in [0.25, 0.3) is 6.08 Å². The fraction of sp³-hybridized carbons (Fsp3) is 0.304. The standard InChI is InChI=1S/C23H26ClN3O5S/c1-2-32-23(29)27-15-13-18(14-16-27)25-22(28)12-9-17-7-10-19(11-8-17)33(30,31)26-21-6-4-3-5-20(21)24/h3-12,18,26H,2,13-16H2,1H3,(H,25,28)/b12-9+. The van der Waals surface area contributed by atoms with Crippen molar-refractivity contribution in [3.63, 3.8) is 0 Å². The number of likely N-dealkylation sites (tertiary alicyclic amines) is 1. The van der Waals surface area contributed by atoms with Gasteiger partial charge in [0.25, 0.3) is 10.0 Å². The third-order valence-corrected chi connectivity index (χ3v) is 6.81. The molecule has 1 aliphatic rings. The smallest absolute Gasteiger partial charge is 0.409 e. The minimum atomic E-state index is -3.79. The Bertz CT molecular complexity index is 1110. The van der Waals surface area contributed by atoms with E-state index >= 15 is 0 Å². The number of amides is 2. The number of carbonyl (C=O) groups excluding carboxylic acids is 2. The number of piperidine rings is 1. The topological polar surface area (TPSA) is 105 Å². The van der Waals surface area contributed by atoms with Gasteiger partial charge in [0.1, 0.15) is 0 Å². The molecule has 0 radical (unpaired) electrons. The summed E-state index contributed by atoms with van der Waals surface area (Å²) in [6.07, 6.45) is 4.01. The van der Waals surface area contributed by atoms with Crippen LogP contribution >= 0.6 is 11.6 Å². The molecule has 2 aromatic carbocycles. The second-order valence-electron chi connectivity index (χ2n) is 7.46. The van der Waals surface area contributed by atoms with Crippen molar-refractivity contribution < 1.29 is 22.7 Å². The van der Waals surface area contributed by atoms with Gasteiger partial charge in [0.05, 0.1) is 22.2 Å². The maximum Gasteiger partial charge on any atom is 0.409 e. The van der Waals surface area contributed by atoms with Gasteiger partial charge >= 0.3 is 6.09 Å². The van der Waals surface area contributed by atoms with Crippen LogP contribution in [0, 0.1) is 0 Å². The van der Waals surface area contributed by atoms with Gasteiger partial charge in [0.2, 0.25) is 5.91 Å². The van der Waals surface area contributed by atoms with Crippen molar-refractivity contribution in [2.75, 3.05) is 24.4 Å². The number of sulfonamides is 1. The van der Waals surface area contributed by atoms with E-state index < -0.39 is 10.0 Å². The number of para-hydroxylation sites is 1. The van der Waals surface area contributed by atoms with Crippen molar-refractivity contribution in [2.24, 2.45) is 0 Å². The van der Waals surface area contributed by atoms with E-state index in [-0.39, 0.29) is 22.9 Å². The summed E-state index contributed by atoms with van der Waals surface area (Å²) in [5.41, 5.74) is 0.979. The van der Waals surface area contributed by atoms with Crippen LogP contribution in [-0.2, 0) is 19.6 Å². The molecule has 2 amide bonds. The molecule has 3 rings (SSSR count). The van der Waals surface area contributed by atoms with Crippen molar-refractivity contribution in [3.05, 3.63) is 65.2 Å². The largest absolute Gasteiger partial charge is 0.450 e. The van der Waals surface area contributed by atoms with Gasteiger partial charge in [-0.2, -0.15) is 0 Å². The van der Waals surface area contributed by atoms with Gasteiger partial charge in [-0.05, 0) is 55.7 Å². The van der Waals surface area contributed by atoms with E-state index in [9.17, 15) is 18.0 Å². The first-order chi connectivity index (χ1) is 15.8. The highest BCUT2D eigenvalue weighted by Crippen LogP contribution is 2.24. The Labute approximate surface area is 198 Å². The fourth-order valence-corrected chi connectivity index (χ4v) is 4.67. The van der Waals surface area contributed by atoms with Crippen LogP contribution < -0.4 is 10.0 Å². The van der Waals surface area contributed by atoms with Gasteiger partial charge in [-0.1, -0.05) is 35.9 Å². The van der Waals surface area contributed by atoms with E-state index in [0.29, 0.717) is 48.8 Å². The van der Waals surface area contributed by atoms with Crippen LogP contribution in [0.2, 0.25) is 5.02 Å². The molecule has 1 aliphatic heterocycles. The van der Waals surface area contributed by atoms with Gasteiger partial charge in [-0.15, -0.1) is 0 Å². The van der Waals surface area contributed by atoms with Crippen molar-refractivity contribution >= 4 is 45.4 Å². The molecule has 0 atom stereocenters. The first-order valence-electron chi connectivity index (χ1n) is 10.6. The number of anilines is 1. The molecule has 0 aromatic heterocycles. The van der Waals surface area contributed by atoms with E-state index in [1.54, 1.807) is 54.3 Å². The van der Waals surface area contributed by atoms with Gasteiger partial charge in [-0.3, -0.25) is 9.52 Å². The summed E-state index contributed by atoms with van der Waals surface area (Å²) in [7, 11) is -3.79. The number of nitrogens with one attached hydrogen (secondary N) is 2. The van der Waals surface area contributed by atoms with Crippen LogP contribution in [0.15, 0.2) is 59.5 Å². The summed E-state index contributed by atoms with van der Waals surface area (Å²) >= 11 is 6.02. The number of hydrogen-bond donors (Lipinski definition) is 2. The van der Waals surface area contributed by atoms with Crippen molar-refractivity contribution in [1.82, 2.24) is 10.2 Å². The minimum Gasteiger partial charge on any atom is -0.450 e. The first-order valence-corrected chi connectivity index (χ1v) is 12.4. The number of hydrogen-bond acceptors (Lipinski definition) is 5. The highest BCUT2D eigenvalue weighted by molar-refractivity contribution is 7.92. The van der Waals surface area contributed by atoms with Crippen LogP contribution in [-0.4, -0.2) is 51.1 Å². The lowest BCUT2D eigenvalue weighted by atomic mass is 10.1. The Balaban J connectivity index is 1.52. The van der Waals surface area contributed by atoms with Crippen LogP contribution in [0.5, 0.6) is 0 Å². The molecule has 1 fully saturated rings. The average molecular weight is 492 g/mol. The normalized spacial score (nSPS) is 14.8. The molecule has 33 heavy (non-hydrogen) atoms. The SMILES string of the molecule is CCOC(=O)N1CCC(NC(=O)/C=C/c2ccc(S(=O)(=O)Nc3ccccc3Cl)cc2)CC1. The first kappa shape index (κ1) is 24.6. The average Bonchev–Trinajstić information content (AvgIpc) is 2.80. The fourth-order valence-electron chi connectivity index (χ4n) is 3.35. The number of carbonyl (C=O) groups is 2. The maximum absolute atomic E-state index is 12.6. The Kier molecular flexibility index (Phi) is 8.35. The van der Waals surface area contributed by atoms with Gasteiger partial charge < -0.3 is 15.0 Å². The second kappa shape index (κ2) is 11.2. The molecule has 2 aromatic rings. The van der Waals surface area contributed by atoms with Gasteiger partial charge in [0, 0.05) is 25.2 Å². The zero-order chi connectivity index (χ0) is 23.8. The Morgan fingerprint density at radius 2 is 1.79 bits per heavy atom. The summed E-state index contributed by atoms with van der Waals surface area (Å²) in [5, 5.41) is 3.23. The van der Waals surface area contributed by atoms with E-state index in [0.717, 1.165) is 0 Å². The van der Waals surface area contributed by atoms with Crippen molar-refractivity contribution in [3.8, 4) is 0 Å². The summed E-state index contributed by atoms with van der Waals surface area (Å²) in [6, 6.07) is 12.7. The minimum absolute atomic E-state index is 0.0174. The monoisotopic (exact) mass is 491 g/mol. The van der Waals surface area contributed by atoms with E-state index in [1.807, 2.05) is 0 Å².